The van der Waals surface area contributed by atoms with E-state index in [1.54, 1.807) is 17.5 Å². The molecule has 1 N–H and O–H groups in total. The molecule has 0 aliphatic carbocycles. The summed E-state index contributed by atoms with van der Waals surface area (Å²) >= 11 is 1.11. The van der Waals surface area contributed by atoms with Crippen LogP contribution in [0.2, 0.25) is 0 Å². The molecule has 0 saturated carbocycles. The third-order valence-electron chi connectivity index (χ3n) is 1.53. The molecule has 18 heavy (non-hydrogen) atoms. The van der Waals surface area contributed by atoms with Crippen LogP contribution in [0.15, 0.2) is 58.7 Å². The summed E-state index contributed by atoms with van der Waals surface area (Å²) in [5, 5.41) is 1.59. The summed E-state index contributed by atoms with van der Waals surface area (Å²) in [4.78, 5) is 2.33. The predicted octanol–water partition coefficient (Wildman–Crippen LogP) is 4.46. The molecule has 3 aromatic heterocycles. The lowest BCUT2D eigenvalue weighted by Gasteiger charge is -1.64. The molecule has 0 unspecified atom stereocenters. The van der Waals surface area contributed by atoms with Crippen molar-refractivity contribution < 1.29 is 17.6 Å². The van der Waals surface area contributed by atoms with Gasteiger partial charge in [0.2, 0.25) is 0 Å². The van der Waals surface area contributed by atoms with Crippen LogP contribution in [0.4, 0.5) is 13.2 Å². The third-order valence-corrected chi connectivity index (χ3v) is 2.19. The van der Waals surface area contributed by atoms with Crippen molar-refractivity contribution in [3.63, 3.8) is 0 Å². The molecule has 0 fully saturated rings. The third kappa shape index (κ3) is 6.59. The van der Waals surface area contributed by atoms with E-state index in [0.29, 0.717) is 0 Å². The molecule has 0 saturated heterocycles. The second-order valence-electron chi connectivity index (χ2n) is 2.85. The topological polar surface area (TPSA) is 28.9 Å². The van der Waals surface area contributed by atoms with Gasteiger partial charge in [-0.05, 0) is 35.7 Å². The summed E-state index contributed by atoms with van der Waals surface area (Å²) < 4.78 is 39.0. The van der Waals surface area contributed by atoms with E-state index in [1.807, 2.05) is 0 Å². The minimum atomic E-state index is -0.532. The molecule has 2 nitrogen and oxygen atoms in total. The summed E-state index contributed by atoms with van der Waals surface area (Å²) in [7, 11) is 0. The maximum absolute atomic E-state index is 11.7. The van der Waals surface area contributed by atoms with Crippen LogP contribution in [-0.4, -0.2) is 4.98 Å². The Morgan fingerprint density at radius 2 is 1.83 bits per heavy atom. The summed E-state index contributed by atoms with van der Waals surface area (Å²) in [6.45, 7) is 0. The lowest BCUT2D eigenvalue weighted by molar-refractivity contribution is 0.359. The zero-order valence-electron chi connectivity index (χ0n) is 9.15. The van der Waals surface area contributed by atoms with Crippen molar-refractivity contribution in [2.45, 2.75) is 0 Å². The lowest BCUT2D eigenvalue weighted by atomic mass is 10.7. The number of H-pyrrole nitrogens is 1. The van der Waals surface area contributed by atoms with E-state index in [2.05, 4.69) is 9.40 Å². The van der Waals surface area contributed by atoms with Gasteiger partial charge in [0.15, 0.2) is 11.1 Å². The van der Waals surface area contributed by atoms with E-state index in [4.69, 9.17) is 0 Å². The number of aromatic amines is 1. The van der Waals surface area contributed by atoms with Crippen LogP contribution in [0.5, 0.6) is 0 Å². The highest BCUT2D eigenvalue weighted by Crippen LogP contribution is 2.02. The highest BCUT2D eigenvalue weighted by Gasteiger charge is 1.82. The molecule has 3 rings (SSSR count). The van der Waals surface area contributed by atoms with E-state index < -0.39 is 6.01 Å². The van der Waals surface area contributed by atoms with Crippen LogP contribution in [-0.2, 0) is 0 Å². The average molecular weight is 273 g/mol. The largest absolute Gasteiger partial charge is 0.440 e. The molecule has 3 aromatic rings. The smallest absolute Gasteiger partial charge is 0.277 e. The summed E-state index contributed by atoms with van der Waals surface area (Å²) in [6.07, 6.45) is 2.82. The van der Waals surface area contributed by atoms with E-state index in [0.717, 1.165) is 11.3 Å². The van der Waals surface area contributed by atoms with Crippen LogP contribution in [0, 0.1) is 17.1 Å². The zero-order chi connectivity index (χ0) is 13.2. The zero-order valence-corrected chi connectivity index (χ0v) is 9.96. The number of halogens is 3. The monoisotopic (exact) mass is 273 g/mol. The van der Waals surface area contributed by atoms with Crippen molar-refractivity contribution in [2.75, 3.05) is 0 Å². The summed E-state index contributed by atoms with van der Waals surface area (Å²) in [5.41, 5.74) is 0. The molecule has 6 heteroatoms. The van der Waals surface area contributed by atoms with Gasteiger partial charge < -0.3 is 9.40 Å². The van der Waals surface area contributed by atoms with E-state index in [-0.39, 0.29) is 11.1 Å². The molecule has 0 aliphatic heterocycles. The first kappa shape index (κ1) is 14.1. The normalized spacial score (nSPS) is 8.83. The molecule has 0 spiro atoms. The fourth-order valence-electron chi connectivity index (χ4n) is 0.825. The summed E-state index contributed by atoms with van der Waals surface area (Å²) in [6, 6.07) is 8.30. The second kappa shape index (κ2) is 8.19. The highest BCUT2D eigenvalue weighted by atomic mass is 32.1. The molecule has 0 atom stereocenters. The number of nitrogens with one attached hydrogen (secondary N) is 1. The number of thiophene rings is 1. The van der Waals surface area contributed by atoms with Crippen LogP contribution in [0.25, 0.3) is 0 Å². The standard InChI is InChI=1S/C4H4FN.C4H3FO.C4H3FS/c3*5-4-2-1-3-6-4/h1-3,6H;2*1-3H. The fourth-order valence-corrected chi connectivity index (χ4v) is 1.27. The number of hydrogen-bond donors (Lipinski definition) is 1. The molecule has 96 valence electrons. The number of furan rings is 1. The van der Waals surface area contributed by atoms with Gasteiger partial charge in [-0.25, -0.2) is 0 Å². The minimum Gasteiger partial charge on any atom is -0.440 e. The van der Waals surface area contributed by atoms with Crippen molar-refractivity contribution in [3.8, 4) is 0 Å². The predicted molar refractivity (Wildman–Crippen MR) is 63.7 cm³/mol. The van der Waals surface area contributed by atoms with Gasteiger partial charge in [0.1, 0.15) is 0 Å². The van der Waals surface area contributed by atoms with Crippen LogP contribution < -0.4 is 0 Å². The van der Waals surface area contributed by atoms with Gasteiger partial charge in [0.05, 0.1) is 6.26 Å². The van der Waals surface area contributed by atoms with Crippen molar-refractivity contribution in [1.82, 2.24) is 4.98 Å². The first-order valence-corrected chi connectivity index (χ1v) is 5.73. The van der Waals surface area contributed by atoms with Crippen LogP contribution in [0.1, 0.15) is 0 Å². The Balaban J connectivity index is 0.000000135. The Labute approximate surface area is 106 Å². The van der Waals surface area contributed by atoms with Gasteiger partial charge in [0, 0.05) is 12.3 Å². The van der Waals surface area contributed by atoms with Crippen molar-refractivity contribution >= 4 is 11.3 Å². The summed E-state index contributed by atoms with van der Waals surface area (Å²) in [5.74, 6) is -0.282. The molecule has 0 aromatic carbocycles. The van der Waals surface area contributed by atoms with E-state index >= 15 is 0 Å². The van der Waals surface area contributed by atoms with Crippen LogP contribution >= 0.6 is 11.3 Å². The van der Waals surface area contributed by atoms with Gasteiger partial charge >= 0.3 is 0 Å². The Kier molecular flexibility index (Phi) is 6.42. The second-order valence-corrected chi connectivity index (χ2v) is 3.75. The molecule has 0 bridgehead atoms. The average Bonchev–Trinajstić information content (AvgIpc) is 3.05. The maximum Gasteiger partial charge on any atom is 0.277 e. The SMILES string of the molecule is Fc1ccc[nH]1.Fc1ccco1.Fc1cccs1. The lowest BCUT2D eigenvalue weighted by Crippen LogP contribution is -1.61. The van der Waals surface area contributed by atoms with Crippen molar-refractivity contribution in [3.05, 3.63) is 71.3 Å². The van der Waals surface area contributed by atoms with Gasteiger partial charge in [-0.3, -0.25) is 0 Å². The fraction of sp³-hybridized carbons (Fsp3) is 0. The number of aromatic nitrogens is 1. The number of hydrogen-bond acceptors (Lipinski definition) is 2. The molecule has 3 heterocycles. The van der Waals surface area contributed by atoms with Crippen LogP contribution in [0.3, 0.4) is 0 Å². The van der Waals surface area contributed by atoms with Gasteiger partial charge in [-0.1, -0.05) is 0 Å². The Morgan fingerprint density at radius 1 is 1.00 bits per heavy atom. The quantitative estimate of drug-likeness (QED) is 0.643. The van der Waals surface area contributed by atoms with Crippen molar-refractivity contribution in [1.29, 1.82) is 0 Å². The van der Waals surface area contributed by atoms with Crippen molar-refractivity contribution in [2.24, 2.45) is 0 Å². The minimum absolute atomic E-state index is 0.116. The van der Waals surface area contributed by atoms with E-state index in [9.17, 15) is 13.2 Å². The maximum atomic E-state index is 11.7. The van der Waals surface area contributed by atoms with Gasteiger partial charge in [-0.15, -0.1) is 11.3 Å². The Bertz CT molecular complexity index is 415. The molecular weight excluding hydrogens is 263 g/mol. The van der Waals surface area contributed by atoms with Gasteiger partial charge in [-0.2, -0.15) is 13.2 Å². The molecule has 0 aliphatic rings. The van der Waals surface area contributed by atoms with E-state index in [1.165, 1.54) is 36.7 Å². The Hall–Kier alpha value is -1.95. The molecule has 0 amide bonds. The molecule has 0 radical (unpaired) electrons. The first-order chi connectivity index (χ1) is 8.68. The Morgan fingerprint density at radius 3 is 2.00 bits per heavy atom. The molecular formula is C12H10F3NOS. The highest BCUT2D eigenvalue weighted by molar-refractivity contribution is 7.08. The van der Waals surface area contributed by atoms with Gasteiger partial charge in [0.25, 0.3) is 6.01 Å². The first-order valence-electron chi connectivity index (χ1n) is 4.85. The number of rotatable bonds is 0.